The summed E-state index contributed by atoms with van der Waals surface area (Å²) < 4.78 is 72.7. The number of anilines is 1. The van der Waals surface area contributed by atoms with E-state index in [-0.39, 0.29) is 22.3 Å². The van der Waals surface area contributed by atoms with Gasteiger partial charge in [-0.1, -0.05) is 17.4 Å². The molecule has 2 aromatic heterocycles. The minimum atomic E-state index is -4.81. The monoisotopic (exact) mass is 524 g/mol. The Morgan fingerprint density at radius 3 is 2.47 bits per heavy atom. The highest BCUT2D eigenvalue weighted by Gasteiger charge is 2.24. The summed E-state index contributed by atoms with van der Waals surface area (Å²) in [5.41, 5.74) is 6.58. The van der Waals surface area contributed by atoms with Crippen LogP contribution in [0.1, 0.15) is 5.69 Å². The number of benzene rings is 2. The number of hydrogen-bond acceptors (Lipinski definition) is 11. The van der Waals surface area contributed by atoms with Crippen molar-refractivity contribution >= 4 is 58.4 Å². The second kappa shape index (κ2) is 8.41. The molecule has 34 heavy (non-hydrogen) atoms. The maximum absolute atomic E-state index is 11.8. The number of hydrogen-bond donors (Lipinski definition) is 3. The van der Waals surface area contributed by atoms with Gasteiger partial charge in [0.2, 0.25) is 5.13 Å². The van der Waals surface area contributed by atoms with Crippen LogP contribution in [0.15, 0.2) is 56.4 Å². The molecular formula is C18H16N6O7S3. The van der Waals surface area contributed by atoms with Gasteiger partial charge in [-0.15, -0.1) is 10.2 Å². The maximum atomic E-state index is 11.8. The molecule has 2 heterocycles. The molecule has 4 rings (SSSR count). The van der Waals surface area contributed by atoms with Gasteiger partial charge in [-0.05, 0) is 37.3 Å². The fraction of sp³-hybridized carbons (Fsp3) is 0.111. The van der Waals surface area contributed by atoms with E-state index in [9.17, 15) is 25.9 Å². The maximum Gasteiger partial charge on any atom is 0.296 e. The molecular weight excluding hydrogens is 508 g/mol. The van der Waals surface area contributed by atoms with Crippen molar-refractivity contribution in [3.8, 4) is 11.4 Å². The highest BCUT2D eigenvalue weighted by atomic mass is 32.2. The fourth-order valence-corrected chi connectivity index (χ4v) is 5.05. The molecule has 0 aliphatic heterocycles. The van der Waals surface area contributed by atoms with Crippen LogP contribution in [0.5, 0.6) is 5.75 Å². The first kappa shape index (κ1) is 23.7. The zero-order valence-corrected chi connectivity index (χ0v) is 19.9. The predicted molar refractivity (Wildman–Crippen MR) is 123 cm³/mol. The Kier molecular flexibility index (Phi) is 5.86. The Balaban J connectivity index is 1.82. The zero-order chi connectivity index (χ0) is 24.8. The van der Waals surface area contributed by atoms with Gasteiger partial charge in [0, 0.05) is 0 Å². The van der Waals surface area contributed by atoms with Gasteiger partial charge in [0.25, 0.3) is 20.2 Å². The number of rotatable bonds is 6. The average molecular weight is 525 g/mol. The van der Waals surface area contributed by atoms with Crippen LogP contribution in [0.25, 0.3) is 15.9 Å². The summed E-state index contributed by atoms with van der Waals surface area (Å²) in [6.45, 7) is 1.52. The van der Waals surface area contributed by atoms with E-state index in [0.29, 0.717) is 11.3 Å². The van der Waals surface area contributed by atoms with Crippen LogP contribution in [0.3, 0.4) is 0 Å². The molecule has 0 radical (unpaired) electrons. The largest absolute Gasteiger partial charge is 0.494 e. The van der Waals surface area contributed by atoms with Crippen molar-refractivity contribution in [3.63, 3.8) is 0 Å². The normalized spacial score (nSPS) is 12.6. The predicted octanol–water partition coefficient (Wildman–Crippen LogP) is 3.29. The molecule has 0 fully saturated rings. The van der Waals surface area contributed by atoms with E-state index in [2.05, 4.69) is 20.3 Å². The topological polar surface area (TPSA) is 199 Å². The van der Waals surface area contributed by atoms with E-state index < -0.39 is 35.7 Å². The summed E-state index contributed by atoms with van der Waals surface area (Å²) in [5, 5.41) is 12.6. The lowest BCUT2D eigenvalue weighted by atomic mass is 10.3. The smallest absolute Gasteiger partial charge is 0.296 e. The summed E-state index contributed by atoms with van der Waals surface area (Å²) in [6.07, 6.45) is 0. The van der Waals surface area contributed by atoms with E-state index in [1.807, 2.05) is 6.07 Å². The molecule has 16 heteroatoms. The third kappa shape index (κ3) is 4.36. The van der Waals surface area contributed by atoms with Gasteiger partial charge in [-0.25, -0.2) is 9.67 Å². The summed E-state index contributed by atoms with van der Waals surface area (Å²) >= 11 is 1.25. The van der Waals surface area contributed by atoms with E-state index in [4.69, 9.17) is 10.5 Å². The van der Waals surface area contributed by atoms with Crippen molar-refractivity contribution < 1.29 is 30.7 Å². The van der Waals surface area contributed by atoms with Gasteiger partial charge in [0.1, 0.15) is 16.2 Å². The van der Waals surface area contributed by atoms with Crippen LogP contribution in [-0.2, 0) is 20.2 Å². The fourth-order valence-electron chi connectivity index (χ4n) is 3.10. The average Bonchev–Trinajstić information content (AvgIpc) is 3.30. The summed E-state index contributed by atoms with van der Waals surface area (Å²) in [4.78, 5) is 3.05. The van der Waals surface area contributed by atoms with Gasteiger partial charge < -0.3 is 10.5 Å². The molecule has 0 bridgehead atoms. The van der Waals surface area contributed by atoms with Crippen LogP contribution in [-0.4, -0.2) is 47.8 Å². The number of methoxy groups -OCH3 is 1. The van der Waals surface area contributed by atoms with E-state index >= 15 is 0 Å². The molecule has 4 aromatic rings. The van der Waals surface area contributed by atoms with Crippen LogP contribution >= 0.6 is 11.3 Å². The van der Waals surface area contributed by atoms with Gasteiger partial charge in [-0.3, -0.25) is 9.11 Å². The Hall–Kier alpha value is -3.44. The third-order valence-electron chi connectivity index (χ3n) is 4.62. The molecule has 0 aliphatic carbocycles. The molecule has 0 saturated carbocycles. The summed E-state index contributed by atoms with van der Waals surface area (Å²) in [6, 6.07) is 7.83. The highest BCUT2D eigenvalue weighted by Crippen LogP contribution is 2.36. The summed E-state index contributed by atoms with van der Waals surface area (Å²) in [5.74, 6) is 0.368. The standard InChI is InChI=1S/C18H16N6O7S3/c1-9-15(21-22-18-20-16-12(31-2)4-3-5-13(16)32-18)17(19)24(23-9)11-8-10(33(25,26)27)6-7-14(11)34(28,29)30/h3-8H,19H2,1-2H3,(H,25,26,27)(H,28,29,30)/b22-21+. The number of fused-ring (bicyclic) bond motifs is 1. The lowest BCUT2D eigenvalue weighted by Gasteiger charge is -2.10. The number of para-hydroxylation sites is 1. The molecule has 0 amide bonds. The molecule has 0 aliphatic rings. The van der Waals surface area contributed by atoms with E-state index in [1.165, 1.54) is 25.4 Å². The van der Waals surface area contributed by atoms with Crippen molar-refractivity contribution in [1.29, 1.82) is 0 Å². The van der Waals surface area contributed by atoms with Crippen LogP contribution in [0, 0.1) is 6.92 Å². The Bertz CT molecular complexity index is 1670. The lowest BCUT2D eigenvalue weighted by Crippen LogP contribution is -2.11. The Morgan fingerprint density at radius 1 is 1.09 bits per heavy atom. The lowest BCUT2D eigenvalue weighted by molar-refractivity contribution is 0.419. The SMILES string of the molecule is COc1cccc2sc(/N=N/c3c(C)nn(-c4cc(S(=O)(=O)O)ccc4S(=O)(=O)O)c3N)nc12. The molecule has 0 saturated heterocycles. The van der Waals surface area contributed by atoms with Crippen molar-refractivity contribution in [2.75, 3.05) is 12.8 Å². The highest BCUT2D eigenvalue weighted by molar-refractivity contribution is 7.86. The Labute approximate surface area is 197 Å². The number of ether oxygens (including phenoxy) is 1. The van der Waals surface area contributed by atoms with Crippen LogP contribution < -0.4 is 10.5 Å². The molecule has 0 unspecified atom stereocenters. The van der Waals surface area contributed by atoms with E-state index in [1.54, 1.807) is 12.1 Å². The van der Waals surface area contributed by atoms with Crippen molar-refractivity contribution in [2.24, 2.45) is 10.2 Å². The first-order chi connectivity index (χ1) is 15.9. The number of azo groups is 1. The number of nitrogen functional groups attached to an aromatic ring is 1. The second-order valence-corrected chi connectivity index (χ2v) is 10.6. The number of nitrogens with zero attached hydrogens (tertiary/aromatic N) is 5. The van der Waals surface area contributed by atoms with Crippen molar-refractivity contribution in [2.45, 2.75) is 16.7 Å². The molecule has 13 nitrogen and oxygen atoms in total. The van der Waals surface area contributed by atoms with Gasteiger partial charge in [-0.2, -0.15) is 21.9 Å². The zero-order valence-electron chi connectivity index (χ0n) is 17.4. The first-order valence-electron chi connectivity index (χ1n) is 9.20. The van der Waals surface area contributed by atoms with Crippen LogP contribution in [0.4, 0.5) is 16.6 Å². The van der Waals surface area contributed by atoms with Gasteiger partial charge >= 0.3 is 0 Å². The van der Waals surface area contributed by atoms with Crippen molar-refractivity contribution in [3.05, 3.63) is 42.1 Å². The first-order valence-corrected chi connectivity index (χ1v) is 12.9. The summed E-state index contributed by atoms with van der Waals surface area (Å²) in [7, 11) is -7.98. The number of thiazole rings is 1. The molecule has 178 valence electrons. The second-order valence-electron chi connectivity index (χ2n) is 6.81. The Morgan fingerprint density at radius 2 is 1.82 bits per heavy atom. The molecule has 0 spiro atoms. The number of nitrogens with two attached hydrogens (primary N) is 1. The van der Waals surface area contributed by atoms with Crippen molar-refractivity contribution in [1.82, 2.24) is 14.8 Å². The molecule has 4 N–H and O–H groups in total. The van der Waals surface area contributed by atoms with Gasteiger partial charge in [0.15, 0.2) is 11.5 Å². The quantitative estimate of drug-likeness (QED) is 0.248. The molecule has 2 aromatic carbocycles. The third-order valence-corrected chi connectivity index (χ3v) is 7.28. The minimum absolute atomic E-state index is 0.0600. The molecule has 0 atom stereocenters. The van der Waals surface area contributed by atoms with Crippen LogP contribution in [0.2, 0.25) is 0 Å². The van der Waals surface area contributed by atoms with Gasteiger partial charge in [0.05, 0.1) is 28.1 Å². The number of aryl methyl sites for hydroxylation is 1. The van der Waals surface area contributed by atoms with E-state index in [0.717, 1.165) is 27.6 Å². The minimum Gasteiger partial charge on any atom is -0.494 e. The number of aromatic nitrogens is 3.